The van der Waals surface area contributed by atoms with E-state index >= 15 is 0 Å². The van der Waals surface area contributed by atoms with Gasteiger partial charge in [0.25, 0.3) is 10.1 Å². The van der Waals surface area contributed by atoms with Gasteiger partial charge in [0.1, 0.15) is 11.8 Å². The lowest BCUT2D eigenvalue weighted by atomic mass is 9.68. The SMILES string of the molecule is CC(C)OC(=O)[C@@H](C)NC1CC2CC(=O)C1(CS(=O)(=O)O)C2(C)C. The summed E-state index contributed by atoms with van der Waals surface area (Å²) in [5, 5.41) is 3.09. The normalized spacial score (nSPS) is 33.0. The van der Waals surface area contributed by atoms with E-state index in [2.05, 4.69) is 5.32 Å². The number of carbonyl (C=O) groups is 2. The molecule has 0 aromatic rings. The smallest absolute Gasteiger partial charge is 0.323 e. The third kappa shape index (κ3) is 3.11. The Bertz CT molecular complexity index is 641. The minimum absolute atomic E-state index is 0.0255. The molecule has 138 valence electrons. The highest BCUT2D eigenvalue weighted by Gasteiger charge is 2.70. The molecule has 0 saturated heterocycles. The topological polar surface area (TPSA) is 110 Å². The fourth-order valence-corrected chi connectivity index (χ4v) is 5.77. The predicted octanol–water partition coefficient (Wildman–Crippen LogP) is 1.18. The maximum absolute atomic E-state index is 12.7. The molecule has 2 aliphatic rings. The molecule has 0 aromatic carbocycles. The molecule has 3 unspecified atom stereocenters. The van der Waals surface area contributed by atoms with E-state index in [9.17, 15) is 22.6 Å². The number of esters is 1. The molecule has 2 bridgehead atoms. The van der Waals surface area contributed by atoms with Crippen LogP contribution in [0.15, 0.2) is 0 Å². The molecule has 0 amide bonds. The summed E-state index contributed by atoms with van der Waals surface area (Å²) in [7, 11) is -4.34. The van der Waals surface area contributed by atoms with Crippen molar-refractivity contribution in [3.63, 3.8) is 0 Å². The van der Waals surface area contributed by atoms with Gasteiger partial charge in [0.05, 0.1) is 17.3 Å². The predicted molar refractivity (Wildman–Crippen MR) is 88.0 cm³/mol. The van der Waals surface area contributed by atoms with Gasteiger partial charge < -0.3 is 10.1 Å². The zero-order valence-corrected chi connectivity index (χ0v) is 15.6. The van der Waals surface area contributed by atoms with Crippen molar-refractivity contribution in [1.82, 2.24) is 5.32 Å². The van der Waals surface area contributed by atoms with Gasteiger partial charge in [-0.2, -0.15) is 8.42 Å². The first-order chi connectivity index (χ1) is 10.8. The first-order valence-corrected chi connectivity index (χ1v) is 9.87. The van der Waals surface area contributed by atoms with E-state index in [0.717, 1.165) is 0 Å². The van der Waals surface area contributed by atoms with Crippen LogP contribution in [0.4, 0.5) is 0 Å². The Balaban J connectivity index is 2.30. The van der Waals surface area contributed by atoms with Gasteiger partial charge in [-0.1, -0.05) is 13.8 Å². The summed E-state index contributed by atoms with van der Waals surface area (Å²) in [6.07, 6.45) is 0.644. The molecular formula is C16H27NO6S. The van der Waals surface area contributed by atoms with Gasteiger partial charge in [0, 0.05) is 12.5 Å². The maximum atomic E-state index is 12.7. The Kier molecular flexibility index (Phi) is 4.89. The van der Waals surface area contributed by atoms with Crippen molar-refractivity contribution in [1.29, 1.82) is 0 Å². The zero-order chi connectivity index (χ0) is 18.5. The fourth-order valence-electron chi connectivity index (χ4n) is 4.46. The lowest BCUT2D eigenvalue weighted by molar-refractivity contribution is -0.150. The summed E-state index contributed by atoms with van der Waals surface area (Å²) < 4.78 is 37.8. The monoisotopic (exact) mass is 361 g/mol. The van der Waals surface area contributed by atoms with Gasteiger partial charge in [-0.15, -0.1) is 0 Å². The number of rotatable bonds is 6. The summed E-state index contributed by atoms with van der Waals surface area (Å²) in [5.74, 6) is -1.20. The van der Waals surface area contributed by atoms with E-state index in [-0.39, 0.29) is 17.8 Å². The molecule has 2 aliphatic carbocycles. The lowest BCUT2D eigenvalue weighted by Gasteiger charge is -2.41. The van der Waals surface area contributed by atoms with Gasteiger partial charge in [0.2, 0.25) is 0 Å². The molecule has 0 aliphatic heterocycles. The summed E-state index contributed by atoms with van der Waals surface area (Å²) in [4.78, 5) is 24.7. The summed E-state index contributed by atoms with van der Waals surface area (Å²) in [6, 6.07) is -1.16. The van der Waals surface area contributed by atoms with Gasteiger partial charge in [-0.25, -0.2) is 0 Å². The molecule has 24 heavy (non-hydrogen) atoms. The van der Waals surface area contributed by atoms with Crippen LogP contribution < -0.4 is 5.32 Å². The van der Waals surface area contributed by atoms with Crippen molar-refractivity contribution in [3.05, 3.63) is 0 Å². The third-order valence-corrected chi connectivity index (χ3v) is 6.60. The van der Waals surface area contributed by atoms with Gasteiger partial charge in [-0.05, 0) is 38.5 Å². The number of Topliss-reactive ketones (excluding diaryl/α,β-unsaturated/α-hetero) is 1. The Morgan fingerprint density at radius 2 is 1.96 bits per heavy atom. The Hall–Kier alpha value is -0.990. The number of fused-ring (bicyclic) bond motifs is 2. The van der Waals surface area contributed by atoms with Crippen molar-refractivity contribution in [2.75, 3.05) is 5.75 Å². The van der Waals surface area contributed by atoms with Crippen LogP contribution in [0, 0.1) is 16.7 Å². The number of ketones is 1. The fraction of sp³-hybridized carbons (Fsp3) is 0.875. The molecular weight excluding hydrogens is 334 g/mol. The van der Waals surface area contributed by atoms with E-state index in [4.69, 9.17) is 4.74 Å². The molecule has 7 nitrogen and oxygen atoms in total. The second-order valence-corrected chi connectivity index (χ2v) is 9.36. The van der Waals surface area contributed by atoms with Crippen LogP contribution in [0.5, 0.6) is 0 Å². The van der Waals surface area contributed by atoms with Crippen molar-refractivity contribution >= 4 is 21.9 Å². The number of nitrogens with one attached hydrogen (secondary N) is 1. The molecule has 0 spiro atoms. The van der Waals surface area contributed by atoms with E-state index in [1.807, 2.05) is 13.8 Å². The number of carbonyl (C=O) groups excluding carboxylic acids is 2. The Morgan fingerprint density at radius 3 is 2.42 bits per heavy atom. The molecule has 2 N–H and O–H groups in total. The quantitative estimate of drug-likeness (QED) is 0.540. The molecule has 2 saturated carbocycles. The summed E-state index contributed by atoms with van der Waals surface area (Å²) in [5.41, 5.74) is -1.79. The Morgan fingerprint density at radius 1 is 1.38 bits per heavy atom. The zero-order valence-electron chi connectivity index (χ0n) is 14.8. The van der Waals surface area contributed by atoms with E-state index in [1.165, 1.54) is 0 Å². The van der Waals surface area contributed by atoms with Crippen molar-refractivity contribution in [3.8, 4) is 0 Å². The Labute approximate surface area is 143 Å². The van der Waals surface area contributed by atoms with Gasteiger partial charge >= 0.3 is 5.97 Å². The molecule has 0 radical (unpaired) electrons. The highest BCUT2D eigenvalue weighted by atomic mass is 32.2. The third-order valence-electron chi connectivity index (χ3n) is 5.78. The van der Waals surface area contributed by atoms with Crippen LogP contribution in [0.1, 0.15) is 47.5 Å². The lowest BCUT2D eigenvalue weighted by Crippen LogP contribution is -2.57. The van der Waals surface area contributed by atoms with Gasteiger partial charge in [-0.3, -0.25) is 14.1 Å². The second-order valence-electron chi connectivity index (χ2n) is 7.91. The standard InChI is InChI=1S/C16H27NO6S/c1-9(2)23-14(19)10(3)17-12-6-11-7-13(18)16(12,15(11,4)5)8-24(20,21)22/h9-12,17H,6-8H2,1-5H3,(H,20,21,22)/t10-,11?,12?,16?/m1/s1. The molecule has 8 heteroatoms. The minimum atomic E-state index is -4.34. The van der Waals surface area contributed by atoms with E-state index < -0.39 is 44.8 Å². The van der Waals surface area contributed by atoms with Crippen LogP contribution in [0.3, 0.4) is 0 Å². The number of ether oxygens (including phenoxy) is 1. The van der Waals surface area contributed by atoms with Crippen LogP contribution >= 0.6 is 0 Å². The first-order valence-electron chi connectivity index (χ1n) is 8.26. The van der Waals surface area contributed by atoms with Crippen molar-refractivity contribution < 1.29 is 27.3 Å². The summed E-state index contributed by atoms with van der Waals surface area (Å²) in [6.45, 7) is 8.86. The molecule has 4 atom stereocenters. The highest BCUT2D eigenvalue weighted by molar-refractivity contribution is 7.85. The first kappa shape index (κ1) is 19.3. The average molecular weight is 361 g/mol. The number of hydrogen-bond donors (Lipinski definition) is 2. The maximum Gasteiger partial charge on any atom is 0.323 e. The molecule has 2 fully saturated rings. The average Bonchev–Trinajstić information content (AvgIpc) is 2.67. The largest absolute Gasteiger partial charge is 0.462 e. The molecule has 0 heterocycles. The van der Waals surface area contributed by atoms with Crippen LogP contribution in [0.2, 0.25) is 0 Å². The summed E-state index contributed by atoms with van der Waals surface area (Å²) >= 11 is 0. The minimum Gasteiger partial charge on any atom is -0.462 e. The van der Waals surface area contributed by atoms with Crippen molar-refractivity contribution in [2.45, 2.75) is 65.6 Å². The number of hydrogen-bond acceptors (Lipinski definition) is 6. The van der Waals surface area contributed by atoms with Crippen molar-refractivity contribution in [2.24, 2.45) is 16.7 Å². The molecule has 2 rings (SSSR count). The van der Waals surface area contributed by atoms with Gasteiger partial charge in [0.15, 0.2) is 0 Å². The highest BCUT2D eigenvalue weighted by Crippen LogP contribution is 2.64. The van der Waals surface area contributed by atoms with Crippen LogP contribution in [0.25, 0.3) is 0 Å². The second kappa shape index (κ2) is 6.07. The van der Waals surface area contributed by atoms with Crippen LogP contribution in [-0.4, -0.2) is 48.7 Å². The molecule has 0 aromatic heterocycles. The van der Waals surface area contributed by atoms with E-state index in [1.54, 1.807) is 20.8 Å². The van der Waals surface area contributed by atoms with E-state index in [0.29, 0.717) is 12.8 Å². The van der Waals surface area contributed by atoms with Crippen LogP contribution in [-0.2, 0) is 24.4 Å².